The molecule has 1 heterocycles. The Balaban J connectivity index is 2.37. The highest BCUT2D eigenvalue weighted by Crippen LogP contribution is 2.20. The standard InChI is InChI=1S/C11H18ClN3/c1-8(2)4-3-5-14-11-10(12)6-9(13)7-15-11/h6-8H,3-5,13H2,1-2H3,(H,14,15). The third kappa shape index (κ3) is 4.38. The topological polar surface area (TPSA) is 50.9 Å². The van der Waals surface area contributed by atoms with Crippen LogP contribution in [0, 0.1) is 5.92 Å². The Morgan fingerprint density at radius 1 is 1.53 bits per heavy atom. The van der Waals surface area contributed by atoms with Crippen LogP contribution in [0.1, 0.15) is 26.7 Å². The highest BCUT2D eigenvalue weighted by Gasteiger charge is 2.01. The molecule has 3 nitrogen and oxygen atoms in total. The molecule has 0 unspecified atom stereocenters. The second-order valence-electron chi connectivity index (χ2n) is 4.06. The summed E-state index contributed by atoms with van der Waals surface area (Å²) in [5.74, 6) is 1.45. The summed E-state index contributed by atoms with van der Waals surface area (Å²) in [6, 6.07) is 1.71. The molecular formula is C11H18ClN3. The van der Waals surface area contributed by atoms with Crippen LogP contribution in [-0.4, -0.2) is 11.5 Å². The number of anilines is 2. The summed E-state index contributed by atoms with van der Waals surface area (Å²) >= 11 is 5.97. The van der Waals surface area contributed by atoms with Crippen LogP contribution in [0.5, 0.6) is 0 Å². The molecule has 0 radical (unpaired) electrons. The molecule has 0 fully saturated rings. The van der Waals surface area contributed by atoms with Crippen molar-refractivity contribution >= 4 is 23.1 Å². The fourth-order valence-electron chi connectivity index (χ4n) is 1.30. The zero-order chi connectivity index (χ0) is 11.3. The molecule has 0 aliphatic heterocycles. The van der Waals surface area contributed by atoms with E-state index in [1.54, 1.807) is 12.3 Å². The SMILES string of the molecule is CC(C)CCCNc1ncc(N)cc1Cl. The lowest BCUT2D eigenvalue weighted by Gasteiger charge is -2.08. The molecule has 0 saturated carbocycles. The number of nitrogens with one attached hydrogen (secondary N) is 1. The smallest absolute Gasteiger partial charge is 0.144 e. The Bertz CT molecular complexity index is 313. The summed E-state index contributed by atoms with van der Waals surface area (Å²) in [5, 5.41) is 3.78. The third-order valence-corrected chi connectivity index (χ3v) is 2.40. The normalized spacial score (nSPS) is 10.7. The second kappa shape index (κ2) is 5.81. The molecule has 1 rings (SSSR count). The van der Waals surface area contributed by atoms with Gasteiger partial charge in [0.15, 0.2) is 0 Å². The van der Waals surface area contributed by atoms with E-state index in [-0.39, 0.29) is 0 Å². The van der Waals surface area contributed by atoms with E-state index in [1.165, 1.54) is 6.42 Å². The summed E-state index contributed by atoms with van der Waals surface area (Å²) in [5.41, 5.74) is 6.14. The van der Waals surface area contributed by atoms with Gasteiger partial charge in [0.05, 0.1) is 16.9 Å². The van der Waals surface area contributed by atoms with Crippen molar-refractivity contribution in [2.24, 2.45) is 5.92 Å². The van der Waals surface area contributed by atoms with Crippen LogP contribution in [0.4, 0.5) is 11.5 Å². The summed E-state index contributed by atoms with van der Waals surface area (Å²) < 4.78 is 0. The lowest BCUT2D eigenvalue weighted by atomic mass is 10.1. The number of halogens is 1. The van der Waals surface area contributed by atoms with Crippen molar-refractivity contribution in [3.8, 4) is 0 Å². The zero-order valence-electron chi connectivity index (χ0n) is 9.26. The maximum atomic E-state index is 5.97. The largest absolute Gasteiger partial charge is 0.397 e. The lowest BCUT2D eigenvalue weighted by Crippen LogP contribution is -2.05. The monoisotopic (exact) mass is 227 g/mol. The van der Waals surface area contributed by atoms with E-state index in [1.807, 2.05) is 0 Å². The van der Waals surface area contributed by atoms with Crippen molar-refractivity contribution in [2.75, 3.05) is 17.6 Å². The van der Waals surface area contributed by atoms with E-state index in [0.29, 0.717) is 10.7 Å². The Morgan fingerprint density at radius 3 is 2.87 bits per heavy atom. The van der Waals surface area contributed by atoms with Gasteiger partial charge in [-0.15, -0.1) is 0 Å². The fraction of sp³-hybridized carbons (Fsp3) is 0.545. The van der Waals surface area contributed by atoms with Gasteiger partial charge in [-0.05, 0) is 24.8 Å². The molecule has 3 N–H and O–H groups in total. The van der Waals surface area contributed by atoms with Crippen molar-refractivity contribution < 1.29 is 0 Å². The summed E-state index contributed by atoms with van der Waals surface area (Å²) in [6.07, 6.45) is 3.94. The van der Waals surface area contributed by atoms with E-state index in [2.05, 4.69) is 24.1 Å². The molecule has 1 aromatic rings. The van der Waals surface area contributed by atoms with Crippen molar-refractivity contribution in [3.63, 3.8) is 0 Å². The van der Waals surface area contributed by atoms with Gasteiger partial charge >= 0.3 is 0 Å². The van der Waals surface area contributed by atoms with Gasteiger partial charge in [0.1, 0.15) is 5.82 Å². The summed E-state index contributed by atoms with van der Waals surface area (Å²) in [6.45, 7) is 5.33. The molecule has 84 valence electrons. The molecule has 0 aromatic carbocycles. The van der Waals surface area contributed by atoms with Crippen LogP contribution >= 0.6 is 11.6 Å². The first-order valence-corrected chi connectivity index (χ1v) is 5.62. The molecule has 0 aliphatic carbocycles. The third-order valence-electron chi connectivity index (χ3n) is 2.11. The molecule has 0 saturated heterocycles. The maximum absolute atomic E-state index is 5.97. The average Bonchev–Trinajstić information content (AvgIpc) is 2.14. The van der Waals surface area contributed by atoms with Crippen molar-refractivity contribution in [3.05, 3.63) is 17.3 Å². The number of nitrogen functional groups attached to an aromatic ring is 1. The van der Waals surface area contributed by atoms with Gasteiger partial charge in [-0.25, -0.2) is 4.98 Å². The summed E-state index contributed by atoms with van der Waals surface area (Å²) in [4.78, 5) is 4.13. The second-order valence-corrected chi connectivity index (χ2v) is 4.47. The lowest BCUT2D eigenvalue weighted by molar-refractivity contribution is 0.566. The van der Waals surface area contributed by atoms with Crippen molar-refractivity contribution in [1.82, 2.24) is 4.98 Å². The van der Waals surface area contributed by atoms with Gasteiger partial charge in [-0.1, -0.05) is 25.4 Å². The number of pyridine rings is 1. The molecular weight excluding hydrogens is 210 g/mol. The minimum Gasteiger partial charge on any atom is -0.397 e. The summed E-state index contributed by atoms with van der Waals surface area (Å²) in [7, 11) is 0. The van der Waals surface area contributed by atoms with Crippen molar-refractivity contribution in [1.29, 1.82) is 0 Å². The Kier molecular flexibility index (Phi) is 4.69. The van der Waals surface area contributed by atoms with Gasteiger partial charge in [-0.2, -0.15) is 0 Å². The van der Waals surface area contributed by atoms with E-state index in [4.69, 9.17) is 17.3 Å². The quantitative estimate of drug-likeness (QED) is 0.760. The molecule has 0 atom stereocenters. The predicted octanol–water partition coefficient (Wildman–Crippen LogP) is 3.17. The highest BCUT2D eigenvalue weighted by molar-refractivity contribution is 6.33. The van der Waals surface area contributed by atoms with E-state index in [0.717, 1.165) is 24.7 Å². The van der Waals surface area contributed by atoms with Crippen LogP contribution in [-0.2, 0) is 0 Å². The molecule has 0 amide bonds. The Hall–Kier alpha value is -0.960. The first-order chi connectivity index (χ1) is 7.09. The number of aromatic nitrogens is 1. The number of nitrogens with two attached hydrogens (primary N) is 1. The minimum atomic E-state index is 0.583. The number of rotatable bonds is 5. The van der Waals surface area contributed by atoms with Crippen molar-refractivity contribution in [2.45, 2.75) is 26.7 Å². The predicted molar refractivity (Wildman–Crippen MR) is 66.2 cm³/mol. The first-order valence-electron chi connectivity index (χ1n) is 5.24. The molecule has 0 aliphatic rings. The molecule has 0 bridgehead atoms. The Morgan fingerprint density at radius 2 is 2.27 bits per heavy atom. The van der Waals surface area contributed by atoms with Crippen LogP contribution < -0.4 is 11.1 Å². The fourth-order valence-corrected chi connectivity index (χ4v) is 1.54. The number of nitrogens with zero attached hydrogens (tertiary/aromatic N) is 1. The average molecular weight is 228 g/mol. The Labute approximate surface area is 96.0 Å². The highest BCUT2D eigenvalue weighted by atomic mass is 35.5. The van der Waals surface area contributed by atoms with Crippen LogP contribution in [0.3, 0.4) is 0 Å². The minimum absolute atomic E-state index is 0.583. The van der Waals surface area contributed by atoms with Crippen LogP contribution in [0.25, 0.3) is 0 Å². The van der Waals surface area contributed by atoms with E-state index in [9.17, 15) is 0 Å². The molecule has 15 heavy (non-hydrogen) atoms. The van der Waals surface area contributed by atoms with Crippen LogP contribution in [0.2, 0.25) is 5.02 Å². The molecule has 1 aromatic heterocycles. The molecule has 0 spiro atoms. The maximum Gasteiger partial charge on any atom is 0.144 e. The zero-order valence-corrected chi connectivity index (χ0v) is 10.0. The van der Waals surface area contributed by atoms with Gasteiger partial charge in [0, 0.05) is 6.54 Å². The number of hydrogen-bond donors (Lipinski definition) is 2. The van der Waals surface area contributed by atoms with Gasteiger partial charge in [0.2, 0.25) is 0 Å². The van der Waals surface area contributed by atoms with Gasteiger partial charge < -0.3 is 11.1 Å². The van der Waals surface area contributed by atoms with E-state index >= 15 is 0 Å². The van der Waals surface area contributed by atoms with Crippen LogP contribution in [0.15, 0.2) is 12.3 Å². The van der Waals surface area contributed by atoms with Gasteiger partial charge in [0.25, 0.3) is 0 Å². The molecule has 4 heteroatoms. The van der Waals surface area contributed by atoms with Gasteiger partial charge in [-0.3, -0.25) is 0 Å². The first kappa shape index (κ1) is 12.1. The number of hydrogen-bond acceptors (Lipinski definition) is 3. The van der Waals surface area contributed by atoms with E-state index < -0.39 is 0 Å².